The van der Waals surface area contributed by atoms with Crippen molar-refractivity contribution >= 4 is 27.0 Å². The third kappa shape index (κ3) is 2.66. The molecule has 8 heteroatoms. The standard InChI is InChI=1S/C12H15N3O4S/c1-3-9(12(16)19-2)15-20(17,18)10-7-14-11-8(10)5-4-6-13-11/h4-7,9,15H,3H2,1-2H3,(H,13,14). The first-order valence-electron chi connectivity index (χ1n) is 6.02. The summed E-state index contributed by atoms with van der Waals surface area (Å²) in [6, 6.07) is 2.38. The summed E-state index contributed by atoms with van der Waals surface area (Å²) in [5, 5.41) is 0.472. The minimum atomic E-state index is -3.83. The summed E-state index contributed by atoms with van der Waals surface area (Å²) in [5.41, 5.74) is 0.471. The highest BCUT2D eigenvalue weighted by Crippen LogP contribution is 2.21. The van der Waals surface area contributed by atoms with Gasteiger partial charge < -0.3 is 9.72 Å². The second kappa shape index (κ2) is 5.59. The largest absolute Gasteiger partial charge is 0.468 e. The zero-order valence-electron chi connectivity index (χ0n) is 11.1. The lowest BCUT2D eigenvalue weighted by Gasteiger charge is -2.14. The van der Waals surface area contributed by atoms with Gasteiger partial charge >= 0.3 is 5.97 Å². The van der Waals surface area contributed by atoms with Crippen molar-refractivity contribution in [1.82, 2.24) is 14.7 Å². The van der Waals surface area contributed by atoms with Gasteiger partial charge in [0.25, 0.3) is 0 Å². The molecule has 0 saturated carbocycles. The summed E-state index contributed by atoms with van der Waals surface area (Å²) < 4.78 is 31.6. The number of hydrogen-bond donors (Lipinski definition) is 2. The quantitative estimate of drug-likeness (QED) is 0.795. The van der Waals surface area contributed by atoms with Gasteiger partial charge in [-0.25, -0.2) is 13.4 Å². The van der Waals surface area contributed by atoms with Crippen LogP contribution in [0.1, 0.15) is 13.3 Å². The van der Waals surface area contributed by atoms with Crippen LogP contribution < -0.4 is 4.72 Å². The van der Waals surface area contributed by atoms with E-state index in [-0.39, 0.29) is 4.90 Å². The number of rotatable bonds is 5. The predicted octanol–water partition coefficient (Wildman–Crippen LogP) is 0.793. The van der Waals surface area contributed by atoms with Gasteiger partial charge in [0.1, 0.15) is 16.6 Å². The van der Waals surface area contributed by atoms with E-state index < -0.39 is 22.0 Å². The van der Waals surface area contributed by atoms with E-state index in [1.165, 1.54) is 13.3 Å². The number of H-pyrrole nitrogens is 1. The fourth-order valence-corrected chi connectivity index (χ4v) is 3.28. The van der Waals surface area contributed by atoms with Crippen LogP contribution in [0.3, 0.4) is 0 Å². The zero-order valence-corrected chi connectivity index (χ0v) is 11.9. The van der Waals surface area contributed by atoms with E-state index in [0.29, 0.717) is 17.5 Å². The molecule has 1 atom stereocenters. The summed E-state index contributed by atoms with van der Waals surface area (Å²) in [7, 11) is -2.61. The van der Waals surface area contributed by atoms with Crippen LogP contribution >= 0.6 is 0 Å². The smallest absolute Gasteiger partial charge is 0.323 e. The molecule has 0 amide bonds. The number of carbonyl (C=O) groups excluding carboxylic acids is 1. The third-order valence-corrected chi connectivity index (χ3v) is 4.41. The van der Waals surface area contributed by atoms with Crippen LogP contribution in [0.4, 0.5) is 0 Å². The molecular weight excluding hydrogens is 282 g/mol. The lowest BCUT2D eigenvalue weighted by Crippen LogP contribution is -2.40. The molecule has 0 aromatic carbocycles. The molecule has 0 spiro atoms. The highest BCUT2D eigenvalue weighted by atomic mass is 32.2. The van der Waals surface area contributed by atoms with E-state index in [1.807, 2.05) is 0 Å². The van der Waals surface area contributed by atoms with Gasteiger partial charge in [-0.3, -0.25) is 4.79 Å². The van der Waals surface area contributed by atoms with Gasteiger partial charge in [0.05, 0.1) is 7.11 Å². The number of nitrogens with one attached hydrogen (secondary N) is 2. The number of ether oxygens (including phenoxy) is 1. The molecule has 20 heavy (non-hydrogen) atoms. The Morgan fingerprint density at radius 3 is 2.95 bits per heavy atom. The van der Waals surface area contributed by atoms with E-state index in [4.69, 9.17) is 0 Å². The molecule has 2 N–H and O–H groups in total. The first-order chi connectivity index (χ1) is 9.49. The van der Waals surface area contributed by atoms with Crippen molar-refractivity contribution < 1.29 is 17.9 Å². The molecule has 0 bridgehead atoms. The molecule has 1 unspecified atom stereocenters. The maximum atomic E-state index is 12.3. The monoisotopic (exact) mass is 297 g/mol. The Morgan fingerprint density at radius 2 is 2.30 bits per heavy atom. The van der Waals surface area contributed by atoms with Crippen molar-refractivity contribution in [1.29, 1.82) is 0 Å². The van der Waals surface area contributed by atoms with Crippen molar-refractivity contribution in [3.8, 4) is 0 Å². The first kappa shape index (κ1) is 14.5. The van der Waals surface area contributed by atoms with Crippen LogP contribution in [0.15, 0.2) is 29.4 Å². The van der Waals surface area contributed by atoms with Crippen LogP contribution in [0.5, 0.6) is 0 Å². The maximum absolute atomic E-state index is 12.3. The number of fused-ring (bicyclic) bond motifs is 1. The Kier molecular flexibility index (Phi) is 4.05. The van der Waals surface area contributed by atoms with E-state index in [9.17, 15) is 13.2 Å². The lowest BCUT2D eigenvalue weighted by atomic mass is 10.2. The van der Waals surface area contributed by atoms with Gasteiger partial charge in [0, 0.05) is 17.8 Å². The van der Waals surface area contributed by atoms with Crippen LogP contribution in [-0.2, 0) is 19.6 Å². The van der Waals surface area contributed by atoms with E-state index in [0.717, 1.165) is 0 Å². The molecule has 0 fully saturated rings. The molecule has 2 aromatic rings. The van der Waals surface area contributed by atoms with E-state index in [2.05, 4.69) is 19.4 Å². The normalized spacial score (nSPS) is 13.3. The van der Waals surface area contributed by atoms with Gasteiger partial charge in [-0.2, -0.15) is 4.72 Å². The maximum Gasteiger partial charge on any atom is 0.323 e. The zero-order chi connectivity index (χ0) is 14.8. The lowest BCUT2D eigenvalue weighted by molar-refractivity contribution is -0.142. The van der Waals surface area contributed by atoms with Crippen molar-refractivity contribution in [3.05, 3.63) is 24.5 Å². The highest BCUT2D eigenvalue weighted by Gasteiger charge is 2.26. The number of carbonyl (C=O) groups is 1. The van der Waals surface area contributed by atoms with Gasteiger partial charge in [0.2, 0.25) is 10.0 Å². The first-order valence-corrected chi connectivity index (χ1v) is 7.50. The summed E-state index contributed by atoms with van der Waals surface area (Å²) in [6.45, 7) is 1.70. The average molecular weight is 297 g/mol. The third-order valence-electron chi connectivity index (χ3n) is 2.89. The summed E-state index contributed by atoms with van der Waals surface area (Å²) in [4.78, 5) is 18.4. The minimum absolute atomic E-state index is 0.0583. The number of methoxy groups -OCH3 is 1. The molecular formula is C12H15N3O4S. The number of esters is 1. The van der Waals surface area contributed by atoms with Crippen LogP contribution in [0.25, 0.3) is 11.0 Å². The Morgan fingerprint density at radius 1 is 1.55 bits per heavy atom. The van der Waals surface area contributed by atoms with Gasteiger partial charge in [0.15, 0.2) is 0 Å². The van der Waals surface area contributed by atoms with Crippen molar-refractivity contribution in [2.75, 3.05) is 7.11 Å². The number of pyridine rings is 1. The number of nitrogens with zero attached hydrogens (tertiary/aromatic N) is 1. The molecule has 0 aliphatic heterocycles. The van der Waals surface area contributed by atoms with Crippen molar-refractivity contribution in [2.24, 2.45) is 0 Å². The Labute approximate surface area is 116 Å². The second-order valence-corrected chi connectivity index (χ2v) is 5.84. The number of sulfonamides is 1. The minimum Gasteiger partial charge on any atom is -0.468 e. The fourth-order valence-electron chi connectivity index (χ4n) is 1.84. The van der Waals surface area contributed by atoms with Crippen molar-refractivity contribution in [3.63, 3.8) is 0 Å². The SMILES string of the molecule is CCC(NS(=O)(=O)c1c[nH]c2ncccc12)C(=O)OC. The molecule has 2 rings (SSSR count). The molecule has 0 saturated heterocycles. The molecule has 0 radical (unpaired) electrons. The topological polar surface area (TPSA) is 101 Å². The molecule has 108 valence electrons. The highest BCUT2D eigenvalue weighted by molar-refractivity contribution is 7.89. The van der Waals surface area contributed by atoms with Gasteiger partial charge in [-0.1, -0.05) is 6.92 Å². The number of aromatic nitrogens is 2. The second-order valence-electron chi connectivity index (χ2n) is 4.16. The van der Waals surface area contributed by atoms with Crippen LogP contribution in [0.2, 0.25) is 0 Å². The Balaban J connectivity index is 2.37. The molecule has 2 aromatic heterocycles. The van der Waals surface area contributed by atoms with Crippen LogP contribution in [-0.4, -0.2) is 37.5 Å². The molecule has 2 heterocycles. The number of aromatic amines is 1. The summed E-state index contributed by atoms with van der Waals surface area (Å²) in [5.74, 6) is -0.617. The molecule has 0 aliphatic carbocycles. The summed E-state index contributed by atoms with van der Waals surface area (Å²) in [6.07, 6.45) is 3.21. The Bertz CT molecular complexity index is 723. The van der Waals surface area contributed by atoms with E-state index >= 15 is 0 Å². The fraction of sp³-hybridized carbons (Fsp3) is 0.333. The predicted molar refractivity (Wildman–Crippen MR) is 72.5 cm³/mol. The van der Waals surface area contributed by atoms with Gasteiger partial charge in [-0.05, 0) is 18.6 Å². The van der Waals surface area contributed by atoms with Gasteiger partial charge in [-0.15, -0.1) is 0 Å². The Hall–Kier alpha value is -1.93. The number of hydrogen-bond acceptors (Lipinski definition) is 5. The molecule has 7 nitrogen and oxygen atoms in total. The van der Waals surface area contributed by atoms with Crippen LogP contribution in [0, 0.1) is 0 Å². The average Bonchev–Trinajstić information content (AvgIpc) is 2.88. The van der Waals surface area contributed by atoms with Crippen molar-refractivity contribution in [2.45, 2.75) is 24.3 Å². The summed E-state index contributed by atoms with van der Waals surface area (Å²) >= 11 is 0. The van der Waals surface area contributed by atoms with E-state index in [1.54, 1.807) is 25.3 Å². The molecule has 0 aliphatic rings.